The summed E-state index contributed by atoms with van der Waals surface area (Å²) in [4.78, 5) is 11.5. The van der Waals surface area contributed by atoms with Crippen molar-refractivity contribution in [3.05, 3.63) is 0 Å². The van der Waals surface area contributed by atoms with E-state index in [1.165, 1.54) is 19.3 Å². The predicted molar refractivity (Wildman–Crippen MR) is 66.6 cm³/mol. The molecule has 1 amide bonds. The maximum atomic E-state index is 11.5. The first-order valence-electron chi connectivity index (χ1n) is 6.88. The standard InChI is InChI=1S/C13H24N2O2/c16-12(9-14-8-11-4-5-11)15-10-13(17)6-2-1-3-7-13/h11,14,17H,1-10H2,(H,15,16). The van der Waals surface area contributed by atoms with Gasteiger partial charge in [0.1, 0.15) is 0 Å². The van der Waals surface area contributed by atoms with E-state index in [1.807, 2.05) is 0 Å². The van der Waals surface area contributed by atoms with Crippen LogP contribution in [0.4, 0.5) is 0 Å². The van der Waals surface area contributed by atoms with Crippen molar-refractivity contribution < 1.29 is 9.90 Å². The van der Waals surface area contributed by atoms with Gasteiger partial charge < -0.3 is 15.7 Å². The normalized spacial score (nSPS) is 23.4. The molecule has 0 heterocycles. The summed E-state index contributed by atoms with van der Waals surface area (Å²) in [5, 5.41) is 16.2. The number of carbonyl (C=O) groups excluding carboxylic acids is 1. The van der Waals surface area contributed by atoms with E-state index in [9.17, 15) is 9.90 Å². The van der Waals surface area contributed by atoms with Crippen LogP contribution in [-0.4, -0.2) is 36.2 Å². The van der Waals surface area contributed by atoms with Crippen LogP contribution in [0, 0.1) is 5.92 Å². The van der Waals surface area contributed by atoms with Crippen molar-refractivity contribution >= 4 is 5.91 Å². The quantitative estimate of drug-likeness (QED) is 0.643. The molecule has 0 unspecified atom stereocenters. The van der Waals surface area contributed by atoms with Crippen LogP contribution in [-0.2, 0) is 4.79 Å². The van der Waals surface area contributed by atoms with Crippen LogP contribution in [0.3, 0.4) is 0 Å². The molecule has 2 aliphatic rings. The number of rotatable bonds is 6. The maximum Gasteiger partial charge on any atom is 0.234 e. The number of hydrogen-bond acceptors (Lipinski definition) is 3. The maximum absolute atomic E-state index is 11.5. The Labute approximate surface area is 103 Å². The van der Waals surface area contributed by atoms with Gasteiger partial charge in [0.25, 0.3) is 0 Å². The van der Waals surface area contributed by atoms with Crippen molar-refractivity contribution in [3.63, 3.8) is 0 Å². The fraction of sp³-hybridized carbons (Fsp3) is 0.923. The minimum absolute atomic E-state index is 0.00430. The Morgan fingerprint density at radius 2 is 1.94 bits per heavy atom. The molecule has 4 nitrogen and oxygen atoms in total. The Hall–Kier alpha value is -0.610. The summed E-state index contributed by atoms with van der Waals surface area (Å²) in [5.74, 6) is 0.801. The van der Waals surface area contributed by atoms with Crippen molar-refractivity contribution in [1.29, 1.82) is 0 Å². The number of hydrogen-bond donors (Lipinski definition) is 3. The molecule has 0 saturated heterocycles. The van der Waals surface area contributed by atoms with Gasteiger partial charge in [-0.2, -0.15) is 0 Å². The lowest BCUT2D eigenvalue weighted by atomic mass is 9.85. The molecule has 0 aromatic carbocycles. The zero-order chi connectivity index (χ0) is 12.1. The minimum Gasteiger partial charge on any atom is -0.388 e. The molecule has 2 saturated carbocycles. The van der Waals surface area contributed by atoms with Crippen molar-refractivity contribution in [3.8, 4) is 0 Å². The van der Waals surface area contributed by atoms with Crippen LogP contribution in [0.5, 0.6) is 0 Å². The molecule has 17 heavy (non-hydrogen) atoms. The van der Waals surface area contributed by atoms with Crippen LogP contribution in [0.15, 0.2) is 0 Å². The molecule has 0 aromatic rings. The predicted octanol–water partition coefficient (Wildman–Crippen LogP) is 0.797. The fourth-order valence-corrected chi connectivity index (χ4v) is 2.42. The monoisotopic (exact) mass is 240 g/mol. The lowest BCUT2D eigenvalue weighted by Gasteiger charge is -2.32. The van der Waals surface area contributed by atoms with Gasteiger partial charge in [-0.3, -0.25) is 4.79 Å². The number of nitrogens with one attached hydrogen (secondary N) is 2. The summed E-state index contributed by atoms with van der Waals surface area (Å²) in [5.41, 5.74) is -0.648. The molecule has 0 aromatic heterocycles. The van der Waals surface area contributed by atoms with E-state index < -0.39 is 5.60 Å². The van der Waals surface area contributed by atoms with Gasteiger partial charge in [-0.05, 0) is 38.1 Å². The van der Waals surface area contributed by atoms with E-state index in [0.717, 1.165) is 38.1 Å². The first kappa shape index (κ1) is 12.8. The van der Waals surface area contributed by atoms with Crippen molar-refractivity contribution in [2.75, 3.05) is 19.6 Å². The minimum atomic E-state index is -0.648. The van der Waals surface area contributed by atoms with E-state index in [1.54, 1.807) is 0 Å². The third-order valence-corrected chi connectivity index (χ3v) is 3.81. The third-order valence-electron chi connectivity index (χ3n) is 3.81. The van der Waals surface area contributed by atoms with Gasteiger partial charge in [0, 0.05) is 6.54 Å². The third kappa shape index (κ3) is 4.64. The second-order valence-corrected chi connectivity index (χ2v) is 5.64. The summed E-state index contributed by atoms with van der Waals surface area (Å²) in [6.07, 6.45) is 7.60. The first-order chi connectivity index (χ1) is 8.18. The number of carbonyl (C=O) groups is 1. The Kier molecular flexibility index (Phi) is 4.40. The van der Waals surface area contributed by atoms with E-state index in [4.69, 9.17) is 0 Å². The molecule has 0 bridgehead atoms. The average Bonchev–Trinajstić information content (AvgIpc) is 3.12. The zero-order valence-electron chi connectivity index (χ0n) is 10.5. The molecule has 0 aliphatic heterocycles. The number of amides is 1. The van der Waals surface area contributed by atoms with Crippen molar-refractivity contribution in [2.24, 2.45) is 5.92 Å². The van der Waals surface area contributed by atoms with Crippen molar-refractivity contribution in [1.82, 2.24) is 10.6 Å². The summed E-state index contributed by atoms with van der Waals surface area (Å²) in [6, 6.07) is 0. The Morgan fingerprint density at radius 1 is 1.24 bits per heavy atom. The highest BCUT2D eigenvalue weighted by Crippen LogP contribution is 2.28. The Balaban J connectivity index is 1.57. The summed E-state index contributed by atoms with van der Waals surface area (Å²) >= 11 is 0. The Morgan fingerprint density at radius 3 is 2.59 bits per heavy atom. The van der Waals surface area contributed by atoms with Gasteiger partial charge in [-0.15, -0.1) is 0 Å². The lowest BCUT2D eigenvalue weighted by molar-refractivity contribution is -0.121. The summed E-state index contributed by atoms with van der Waals surface area (Å²) in [6.45, 7) is 1.75. The molecule has 2 fully saturated rings. The first-order valence-corrected chi connectivity index (χ1v) is 6.88. The van der Waals surface area contributed by atoms with Gasteiger partial charge in [-0.1, -0.05) is 19.3 Å². The largest absolute Gasteiger partial charge is 0.388 e. The zero-order valence-corrected chi connectivity index (χ0v) is 10.5. The van der Waals surface area contributed by atoms with Gasteiger partial charge >= 0.3 is 0 Å². The summed E-state index contributed by atoms with van der Waals surface area (Å²) in [7, 11) is 0. The Bertz CT molecular complexity index is 258. The molecule has 0 atom stereocenters. The van der Waals surface area contributed by atoms with Gasteiger partial charge in [-0.25, -0.2) is 0 Å². The van der Waals surface area contributed by atoms with E-state index in [2.05, 4.69) is 10.6 Å². The van der Waals surface area contributed by atoms with Gasteiger partial charge in [0.2, 0.25) is 5.91 Å². The van der Waals surface area contributed by atoms with Crippen LogP contribution in [0.2, 0.25) is 0 Å². The molecule has 0 spiro atoms. The lowest BCUT2D eigenvalue weighted by Crippen LogP contribution is -2.46. The van der Waals surface area contributed by atoms with E-state index >= 15 is 0 Å². The average molecular weight is 240 g/mol. The second kappa shape index (κ2) is 5.83. The molecule has 4 heteroatoms. The molecule has 98 valence electrons. The highest BCUT2D eigenvalue weighted by Gasteiger charge is 2.29. The topological polar surface area (TPSA) is 61.4 Å². The van der Waals surface area contributed by atoms with Crippen molar-refractivity contribution in [2.45, 2.75) is 50.5 Å². The number of aliphatic hydroxyl groups is 1. The molecular weight excluding hydrogens is 216 g/mol. The smallest absolute Gasteiger partial charge is 0.234 e. The van der Waals surface area contributed by atoms with Gasteiger partial charge in [0.15, 0.2) is 0 Å². The molecule has 2 aliphatic carbocycles. The van der Waals surface area contributed by atoms with E-state index in [-0.39, 0.29) is 5.91 Å². The molecule has 0 radical (unpaired) electrons. The van der Waals surface area contributed by atoms with E-state index in [0.29, 0.717) is 13.1 Å². The SMILES string of the molecule is O=C(CNCC1CC1)NCC1(O)CCCCC1. The molecule has 3 N–H and O–H groups in total. The summed E-state index contributed by atoms with van der Waals surface area (Å²) < 4.78 is 0. The molecule has 2 rings (SSSR count). The highest BCUT2D eigenvalue weighted by molar-refractivity contribution is 5.78. The van der Waals surface area contributed by atoms with Crippen LogP contribution < -0.4 is 10.6 Å². The van der Waals surface area contributed by atoms with Crippen LogP contribution in [0.1, 0.15) is 44.9 Å². The van der Waals surface area contributed by atoms with Crippen LogP contribution in [0.25, 0.3) is 0 Å². The highest BCUT2D eigenvalue weighted by atomic mass is 16.3. The second-order valence-electron chi connectivity index (χ2n) is 5.64. The van der Waals surface area contributed by atoms with Gasteiger partial charge in [0.05, 0.1) is 12.1 Å². The molecular formula is C13H24N2O2. The van der Waals surface area contributed by atoms with Crippen LogP contribution >= 0.6 is 0 Å². The fourth-order valence-electron chi connectivity index (χ4n) is 2.42.